The molecule has 1 spiro atoms. The lowest BCUT2D eigenvalue weighted by molar-refractivity contribution is -0.221. The minimum absolute atomic E-state index is 0.0572. The number of hydroxylamine groups is 2. The summed E-state index contributed by atoms with van der Waals surface area (Å²) in [5.74, 6) is -1.49. The first-order valence-corrected chi connectivity index (χ1v) is 10.9. The highest BCUT2D eigenvalue weighted by Crippen LogP contribution is 2.57. The number of carbonyl (C=O) groups excluding carboxylic acids is 3. The van der Waals surface area contributed by atoms with Crippen LogP contribution >= 0.6 is 0 Å². The van der Waals surface area contributed by atoms with Crippen molar-refractivity contribution in [3.05, 3.63) is 70.8 Å². The molecule has 10 nitrogen and oxygen atoms in total. The monoisotopic (exact) mass is 460 g/mol. The fraction of sp³-hybridized carbons (Fsp3) is 0.292. The second-order valence-electron chi connectivity index (χ2n) is 8.72. The Balaban J connectivity index is 1.51. The molecule has 3 aromatic rings. The molecule has 0 aliphatic carbocycles. The summed E-state index contributed by atoms with van der Waals surface area (Å²) in [5.41, 5.74) is 0.0321. The Bertz CT molecular complexity index is 1450. The number of benzene rings is 2. The van der Waals surface area contributed by atoms with Gasteiger partial charge in [-0.25, -0.2) is 9.78 Å². The van der Waals surface area contributed by atoms with Crippen LogP contribution in [0.2, 0.25) is 0 Å². The molecule has 1 aromatic heterocycles. The van der Waals surface area contributed by atoms with Gasteiger partial charge >= 0.3 is 11.9 Å². The number of hydrogen-bond acceptors (Lipinski definition) is 8. The van der Waals surface area contributed by atoms with Crippen molar-refractivity contribution in [3.8, 4) is 0 Å². The van der Waals surface area contributed by atoms with Crippen molar-refractivity contribution in [1.82, 2.24) is 14.6 Å². The SMILES string of the molecule is CC(=O)ON1C(C)C(=O)N2c3ccccc3C3(CC(n4cnc5ccccc5c4=O)C(=O)O3)C21. The Morgan fingerprint density at radius 1 is 1.12 bits per heavy atom. The number of carbonyl (C=O) groups is 3. The number of rotatable bonds is 2. The second-order valence-corrected chi connectivity index (χ2v) is 8.72. The first kappa shape index (κ1) is 20.5. The summed E-state index contributed by atoms with van der Waals surface area (Å²) >= 11 is 0. The van der Waals surface area contributed by atoms with Crippen LogP contribution in [0.25, 0.3) is 10.9 Å². The molecule has 0 saturated carbocycles. The van der Waals surface area contributed by atoms with Gasteiger partial charge in [-0.15, -0.1) is 5.06 Å². The Hall–Kier alpha value is -4.05. The van der Waals surface area contributed by atoms with E-state index in [1.807, 2.05) is 0 Å². The summed E-state index contributed by atoms with van der Waals surface area (Å²) < 4.78 is 7.32. The molecule has 2 saturated heterocycles. The molecule has 4 atom stereocenters. The summed E-state index contributed by atoms with van der Waals surface area (Å²) in [6, 6.07) is 12.3. The first-order valence-electron chi connectivity index (χ1n) is 10.9. The van der Waals surface area contributed by atoms with E-state index in [1.165, 1.54) is 27.8 Å². The van der Waals surface area contributed by atoms with Gasteiger partial charge in [0.1, 0.15) is 12.1 Å². The van der Waals surface area contributed by atoms with Crippen LogP contribution in [-0.2, 0) is 29.6 Å². The highest BCUT2D eigenvalue weighted by Gasteiger charge is 2.68. The van der Waals surface area contributed by atoms with Crippen LogP contribution in [0.1, 0.15) is 31.9 Å². The van der Waals surface area contributed by atoms with E-state index in [0.29, 0.717) is 22.2 Å². The zero-order valence-corrected chi connectivity index (χ0v) is 18.4. The van der Waals surface area contributed by atoms with Gasteiger partial charge < -0.3 is 9.57 Å². The van der Waals surface area contributed by atoms with Crippen LogP contribution in [-0.4, -0.2) is 44.7 Å². The van der Waals surface area contributed by atoms with Gasteiger partial charge in [-0.1, -0.05) is 30.3 Å². The lowest BCUT2D eigenvalue weighted by atomic mass is 9.88. The van der Waals surface area contributed by atoms with Crippen molar-refractivity contribution < 1.29 is 24.0 Å². The first-order chi connectivity index (χ1) is 16.3. The minimum atomic E-state index is -1.33. The number of para-hydroxylation sites is 2. The number of anilines is 1. The molecular formula is C24H20N4O6. The molecule has 4 heterocycles. The molecule has 6 rings (SSSR count). The Labute approximate surface area is 193 Å². The summed E-state index contributed by atoms with van der Waals surface area (Å²) in [4.78, 5) is 62.9. The molecule has 34 heavy (non-hydrogen) atoms. The molecule has 2 aromatic carbocycles. The highest BCUT2D eigenvalue weighted by atomic mass is 16.7. The van der Waals surface area contributed by atoms with Gasteiger partial charge in [-0.05, 0) is 25.1 Å². The van der Waals surface area contributed by atoms with Crippen LogP contribution in [0, 0.1) is 0 Å². The van der Waals surface area contributed by atoms with E-state index in [9.17, 15) is 19.2 Å². The zero-order valence-electron chi connectivity index (χ0n) is 18.4. The van der Waals surface area contributed by atoms with Crippen LogP contribution < -0.4 is 10.5 Å². The van der Waals surface area contributed by atoms with E-state index >= 15 is 0 Å². The zero-order chi connectivity index (χ0) is 23.8. The van der Waals surface area contributed by atoms with Crippen molar-refractivity contribution in [2.24, 2.45) is 0 Å². The van der Waals surface area contributed by atoms with E-state index in [-0.39, 0.29) is 17.9 Å². The number of aromatic nitrogens is 2. The fourth-order valence-electron chi connectivity index (χ4n) is 5.38. The number of fused-ring (bicyclic) bond motifs is 6. The van der Waals surface area contributed by atoms with Crippen molar-refractivity contribution in [1.29, 1.82) is 0 Å². The van der Waals surface area contributed by atoms with Crippen molar-refractivity contribution in [2.75, 3.05) is 4.90 Å². The average molecular weight is 460 g/mol. The van der Waals surface area contributed by atoms with Crippen LogP contribution in [0.15, 0.2) is 59.7 Å². The number of nitrogens with zero attached hydrogens (tertiary/aromatic N) is 4. The van der Waals surface area contributed by atoms with Crippen LogP contribution in [0.5, 0.6) is 0 Å². The molecule has 0 radical (unpaired) electrons. The maximum absolute atomic E-state index is 13.3. The van der Waals surface area contributed by atoms with Gasteiger partial charge in [0.25, 0.3) is 5.56 Å². The molecule has 1 amide bonds. The maximum Gasteiger partial charge on any atom is 0.330 e. The van der Waals surface area contributed by atoms with Gasteiger partial charge in [0.15, 0.2) is 11.8 Å². The van der Waals surface area contributed by atoms with Crippen LogP contribution in [0.4, 0.5) is 5.69 Å². The Morgan fingerprint density at radius 2 is 1.85 bits per heavy atom. The lowest BCUT2D eigenvalue weighted by Crippen LogP contribution is -2.51. The molecule has 3 aliphatic heterocycles. The molecule has 0 bridgehead atoms. The third-order valence-corrected chi connectivity index (χ3v) is 6.81. The van der Waals surface area contributed by atoms with Crippen molar-refractivity contribution >= 4 is 34.4 Å². The topological polar surface area (TPSA) is 111 Å². The molecule has 0 N–H and O–H groups in total. The number of amides is 1. The maximum atomic E-state index is 13.3. The van der Waals surface area contributed by atoms with E-state index < -0.39 is 35.8 Å². The van der Waals surface area contributed by atoms with E-state index in [2.05, 4.69) is 4.98 Å². The van der Waals surface area contributed by atoms with Gasteiger partial charge in [0.2, 0.25) is 5.91 Å². The van der Waals surface area contributed by atoms with Gasteiger partial charge in [-0.2, -0.15) is 0 Å². The summed E-state index contributed by atoms with van der Waals surface area (Å²) in [7, 11) is 0. The highest BCUT2D eigenvalue weighted by molar-refractivity contribution is 6.03. The molecular weight excluding hydrogens is 440 g/mol. The lowest BCUT2D eigenvalue weighted by Gasteiger charge is -2.34. The third-order valence-electron chi connectivity index (χ3n) is 6.81. The minimum Gasteiger partial charge on any atom is -0.449 e. The molecule has 3 aliphatic rings. The van der Waals surface area contributed by atoms with Crippen molar-refractivity contribution in [3.63, 3.8) is 0 Å². The van der Waals surface area contributed by atoms with Gasteiger partial charge in [-0.3, -0.25) is 23.9 Å². The number of esters is 1. The molecule has 4 unspecified atom stereocenters. The fourth-order valence-corrected chi connectivity index (χ4v) is 5.38. The molecule has 2 fully saturated rings. The smallest absolute Gasteiger partial charge is 0.330 e. The molecule has 172 valence electrons. The van der Waals surface area contributed by atoms with E-state index in [1.54, 1.807) is 55.5 Å². The largest absolute Gasteiger partial charge is 0.449 e. The Kier molecular flexibility index (Phi) is 4.21. The predicted molar refractivity (Wildman–Crippen MR) is 118 cm³/mol. The number of ether oxygens (including phenoxy) is 1. The van der Waals surface area contributed by atoms with Crippen LogP contribution in [0.3, 0.4) is 0 Å². The molecule has 10 heteroatoms. The quantitative estimate of drug-likeness (QED) is 0.531. The summed E-state index contributed by atoms with van der Waals surface area (Å²) in [6.45, 7) is 2.88. The van der Waals surface area contributed by atoms with Crippen molar-refractivity contribution in [2.45, 2.75) is 44.1 Å². The van der Waals surface area contributed by atoms with E-state index in [0.717, 1.165) is 0 Å². The van der Waals surface area contributed by atoms with Gasteiger partial charge in [0.05, 0.1) is 22.9 Å². The second kappa shape index (κ2) is 6.97. The predicted octanol–water partition coefficient (Wildman–Crippen LogP) is 1.63. The Morgan fingerprint density at radius 3 is 2.65 bits per heavy atom. The average Bonchev–Trinajstić information content (AvgIpc) is 3.40. The van der Waals surface area contributed by atoms with Gasteiger partial charge in [0, 0.05) is 18.9 Å². The van der Waals surface area contributed by atoms with E-state index in [4.69, 9.17) is 9.57 Å². The third kappa shape index (κ3) is 2.57. The number of hydrogen-bond donors (Lipinski definition) is 0. The normalized spacial score (nSPS) is 27.8. The summed E-state index contributed by atoms with van der Waals surface area (Å²) in [6.07, 6.45) is 0.511. The summed E-state index contributed by atoms with van der Waals surface area (Å²) in [5, 5.41) is 1.68. The standard InChI is InChI=1S/C24H20N4O6/c1-13-20(30)27-18-10-6-4-8-16(18)24(23(27)28(13)34-14(2)29)11-19(22(32)33-24)26-12-25-17-9-5-3-7-15(17)21(26)31/h3-10,12-13,19,23H,11H2,1-2H3.